The van der Waals surface area contributed by atoms with E-state index in [-0.39, 0.29) is 13.3 Å². The molecule has 11 heavy (non-hydrogen) atoms. The van der Waals surface area contributed by atoms with Gasteiger partial charge < -0.3 is 5.32 Å². The van der Waals surface area contributed by atoms with E-state index in [0.717, 1.165) is 13.1 Å². The van der Waals surface area contributed by atoms with E-state index < -0.39 is 0 Å². The largest absolute Gasteiger partial charge is 0.314 e. The Hall–Kier alpha value is -0.220. The highest BCUT2D eigenvalue weighted by atomic mass is 19.1. The van der Waals surface area contributed by atoms with Gasteiger partial charge in [-0.05, 0) is 0 Å². The van der Waals surface area contributed by atoms with E-state index in [1.165, 1.54) is 0 Å². The van der Waals surface area contributed by atoms with E-state index in [4.69, 9.17) is 0 Å². The van der Waals surface area contributed by atoms with Crippen molar-refractivity contribution in [3.63, 3.8) is 0 Å². The molecule has 0 aromatic rings. The van der Waals surface area contributed by atoms with E-state index in [2.05, 4.69) is 5.32 Å². The molecule has 0 saturated carbocycles. The highest BCUT2D eigenvalue weighted by molar-refractivity contribution is 4.84. The normalized spacial score (nSPS) is 18.8. The Balaban J connectivity index is 2.19. The van der Waals surface area contributed by atoms with Crippen LogP contribution in [-0.4, -0.2) is 50.5 Å². The highest BCUT2D eigenvalue weighted by Crippen LogP contribution is 2.04. The van der Waals surface area contributed by atoms with Crippen LogP contribution in [0.15, 0.2) is 0 Å². The summed E-state index contributed by atoms with van der Waals surface area (Å²) in [5, 5.41) is 3.07. The van der Waals surface area contributed by atoms with E-state index in [0.29, 0.717) is 19.1 Å². The van der Waals surface area contributed by atoms with Crippen molar-refractivity contribution in [2.24, 2.45) is 0 Å². The maximum atomic E-state index is 11.9. The molecular weight excluding hydrogens is 150 g/mol. The molecule has 1 aliphatic rings. The molecule has 0 aliphatic carbocycles. The number of rotatable bonds is 5. The summed E-state index contributed by atoms with van der Waals surface area (Å²) in [4.78, 5) is 1.86. The summed E-state index contributed by atoms with van der Waals surface area (Å²) in [6, 6.07) is 0.362. The van der Waals surface area contributed by atoms with Gasteiger partial charge in [0.25, 0.3) is 0 Å². The smallest absolute Gasteiger partial charge is 0.102 e. The van der Waals surface area contributed by atoms with Crippen molar-refractivity contribution < 1.29 is 8.78 Å². The van der Waals surface area contributed by atoms with Gasteiger partial charge in [-0.25, -0.2) is 8.78 Å². The Bertz CT molecular complexity index is 101. The molecule has 0 atom stereocenters. The van der Waals surface area contributed by atoms with Gasteiger partial charge in [0.05, 0.1) is 0 Å². The summed E-state index contributed by atoms with van der Waals surface area (Å²) in [6.07, 6.45) is 0. The average molecular weight is 164 g/mol. The Morgan fingerprint density at radius 2 is 1.73 bits per heavy atom. The van der Waals surface area contributed by atoms with Gasteiger partial charge >= 0.3 is 0 Å². The second-order valence-electron chi connectivity index (χ2n) is 2.73. The van der Waals surface area contributed by atoms with Crippen LogP contribution in [0.5, 0.6) is 0 Å². The van der Waals surface area contributed by atoms with E-state index in [1.807, 2.05) is 4.90 Å². The van der Waals surface area contributed by atoms with Crippen LogP contribution in [0.3, 0.4) is 0 Å². The molecule has 1 N–H and O–H groups in total. The zero-order chi connectivity index (χ0) is 8.10. The SMILES string of the molecule is FCCN(CCF)C1CNC1. The summed E-state index contributed by atoms with van der Waals surface area (Å²) in [5.74, 6) is 0. The Labute approximate surface area is 65.6 Å². The monoisotopic (exact) mass is 164 g/mol. The molecule has 1 aliphatic heterocycles. The van der Waals surface area contributed by atoms with Crippen LogP contribution in [0.1, 0.15) is 0 Å². The molecule has 1 heterocycles. The first-order chi connectivity index (χ1) is 5.38. The highest BCUT2D eigenvalue weighted by Gasteiger charge is 2.23. The molecule has 66 valence electrons. The Morgan fingerprint density at radius 1 is 1.18 bits per heavy atom. The number of nitrogens with one attached hydrogen (secondary N) is 1. The molecule has 0 amide bonds. The number of halogens is 2. The van der Waals surface area contributed by atoms with E-state index >= 15 is 0 Å². The molecule has 0 spiro atoms. The second kappa shape index (κ2) is 4.62. The number of hydrogen-bond acceptors (Lipinski definition) is 2. The summed E-state index contributed by atoms with van der Waals surface area (Å²) in [7, 11) is 0. The number of nitrogens with zero attached hydrogens (tertiary/aromatic N) is 1. The van der Waals surface area contributed by atoms with Crippen LogP contribution >= 0.6 is 0 Å². The molecule has 0 unspecified atom stereocenters. The summed E-state index contributed by atoms with van der Waals surface area (Å²) < 4.78 is 23.8. The van der Waals surface area contributed by atoms with Crippen molar-refractivity contribution in [2.75, 3.05) is 39.5 Å². The first-order valence-corrected chi connectivity index (χ1v) is 3.95. The topological polar surface area (TPSA) is 15.3 Å². The van der Waals surface area contributed by atoms with E-state index in [9.17, 15) is 8.78 Å². The lowest BCUT2D eigenvalue weighted by Crippen LogP contribution is -2.58. The Morgan fingerprint density at radius 3 is 2.00 bits per heavy atom. The predicted molar refractivity (Wildman–Crippen MR) is 40.2 cm³/mol. The maximum absolute atomic E-state index is 11.9. The third-order valence-corrected chi connectivity index (χ3v) is 2.02. The fraction of sp³-hybridized carbons (Fsp3) is 1.00. The fourth-order valence-electron chi connectivity index (χ4n) is 1.23. The van der Waals surface area contributed by atoms with Gasteiger partial charge in [0.15, 0.2) is 0 Å². The first kappa shape index (κ1) is 8.87. The van der Waals surface area contributed by atoms with Gasteiger partial charge in [0.2, 0.25) is 0 Å². The third kappa shape index (κ3) is 2.38. The minimum Gasteiger partial charge on any atom is -0.314 e. The number of alkyl halides is 2. The summed E-state index contributed by atoms with van der Waals surface area (Å²) in [5.41, 5.74) is 0. The predicted octanol–water partition coefficient (Wildman–Crippen LogP) is 0.199. The first-order valence-electron chi connectivity index (χ1n) is 3.95. The molecule has 0 aromatic carbocycles. The molecule has 1 saturated heterocycles. The minimum atomic E-state index is -0.378. The van der Waals surface area contributed by atoms with Crippen LogP contribution < -0.4 is 5.32 Å². The molecule has 2 nitrogen and oxygen atoms in total. The van der Waals surface area contributed by atoms with Crippen molar-refractivity contribution in [2.45, 2.75) is 6.04 Å². The second-order valence-corrected chi connectivity index (χ2v) is 2.73. The van der Waals surface area contributed by atoms with Crippen molar-refractivity contribution in [3.8, 4) is 0 Å². The van der Waals surface area contributed by atoms with Gasteiger partial charge in [-0.2, -0.15) is 0 Å². The zero-order valence-corrected chi connectivity index (χ0v) is 6.52. The fourth-order valence-corrected chi connectivity index (χ4v) is 1.23. The van der Waals surface area contributed by atoms with Crippen molar-refractivity contribution >= 4 is 0 Å². The van der Waals surface area contributed by atoms with Gasteiger partial charge in [-0.1, -0.05) is 0 Å². The quantitative estimate of drug-likeness (QED) is 0.624. The van der Waals surface area contributed by atoms with Crippen LogP contribution in [-0.2, 0) is 0 Å². The summed E-state index contributed by atoms with van der Waals surface area (Å²) in [6.45, 7) is 1.74. The van der Waals surface area contributed by atoms with Crippen LogP contribution in [0.2, 0.25) is 0 Å². The van der Waals surface area contributed by atoms with Gasteiger partial charge in [0, 0.05) is 32.2 Å². The van der Waals surface area contributed by atoms with Crippen molar-refractivity contribution in [1.82, 2.24) is 10.2 Å². The van der Waals surface area contributed by atoms with E-state index in [1.54, 1.807) is 0 Å². The van der Waals surface area contributed by atoms with Gasteiger partial charge in [-0.3, -0.25) is 4.90 Å². The molecule has 0 bridgehead atoms. The van der Waals surface area contributed by atoms with Crippen LogP contribution in [0, 0.1) is 0 Å². The minimum absolute atomic E-state index is 0.362. The molecule has 0 radical (unpaired) electrons. The molecule has 1 fully saturated rings. The van der Waals surface area contributed by atoms with Gasteiger partial charge in [0.1, 0.15) is 13.3 Å². The zero-order valence-electron chi connectivity index (χ0n) is 6.52. The lowest BCUT2D eigenvalue weighted by Gasteiger charge is -2.37. The lowest BCUT2D eigenvalue weighted by atomic mass is 10.1. The van der Waals surface area contributed by atoms with Gasteiger partial charge in [-0.15, -0.1) is 0 Å². The average Bonchev–Trinajstić information content (AvgIpc) is 1.85. The van der Waals surface area contributed by atoms with Crippen molar-refractivity contribution in [1.29, 1.82) is 0 Å². The molecular formula is C7H14F2N2. The van der Waals surface area contributed by atoms with Crippen LogP contribution in [0.25, 0.3) is 0 Å². The molecule has 4 heteroatoms. The van der Waals surface area contributed by atoms with Crippen LogP contribution in [0.4, 0.5) is 8.78 Å². The third-order valence-electron chi connectivity index (χ3n) is 2.02. The standard InChI is InChI=1S/C7H14F2N2/c8-1-3-11(4-2-9)7-5-10-6-7/h7,10H,1-6H2. The lowest BCUT2D eigenvalue weighted by molar-refractivity contribution is 0.126. The summed E-state index contributed by atoms with van der Waals surface area (Å²) >= 11 is 0. The Kier molecular flexibility index (Phi) is 3.72. The maximum Gasteiger partial charge on any atom is 0.102 e. The number of hydrogen-bond donors (Lipinski definition) is 1. The molecule has 0 aromatic heterocycles. The molecule has 1 rings (SSSR count). The van der Waals surface area contributed by atoms with Crippen molar-refractivity contribution in [3.05, 3.63) is 0 Å².